The second-order valence-corrected chi connectivity index (χ2v) is 4.44. The molecule has 0 aromatic heterocycles. The molecule has 18 heavy (non-hydrogen) atoms. The molecule has 1 fully saturated rings. The fraction of sp³-hybridized carbons (Fsp3) is 0.818. The zero-order chi connectivity index (χ0) is 13.6. The number of oxime groups is 1. The van der Waals surface area contributed by atoms with Crippen molar-refractivity contribution in [2.75, 3.05) is 27.4 Å². The maximum Gasteiger partial charge on any atom is 0.234 e. The minimum absolute atomic E-state index is 0.0213. The van der Waals surface area contributed by atoms with Gasteiger partial charge in [-0.15, -0.1) is 0 Å². The van der Waals surface area contributed by atoms with Crippen LogP contribution in [0.25, 0.3) is 0 Å². The second kappa shape index (κ2) is 6.55. The first-order valence-corrected chi connectivity index (χ1v) is 5.88. The Labute approximate surface area is 106 Å². The number of hydrogen-bond donors (Lipinski definition) is 3. The lowest BCUT2D eigenvalue weighted by Crippen LogP contribution is -2.55. The number of nitrogens with one attached hydrogen (secondary N) is 1. The van der Waals surface area contributed by atoms with Crippen molar-refractivity contribution >= 4 is 11.7 Å². The van der Waals surface area contributed by atoms with Gasteiger partial charge in [0.25, 0.3) is 0 Å². The van der Waals surface area contributed by atoms with Gasteiger partial charge in [-0.3, -0.25) is 4.79 Å². The first-order valence-electron chi connectivity index (χ1n) is 5.88. The van der Waals surface area contributed by atoms with Crippen LogP contribution in [0.5, 0.6) is 0 Å². The van der Waals surface area contributed by atoms with Crippen LogP contribution in [0, 0.1) is 5.41 Å². The number of methoxy groups -OCH3 is 2. The highest BCUT2D eigenvalue weighted by Crippen LogP contribution is 2.41. The van der Waals surface area contributed by atoms with Crippen LogP contribution in [0.4, 0.5) is 0 Å². The third kappa shape index (κ3) is 2.91. The molecule has 1 aliphatic carbocycles. The average Bonchev–Trinajstić information content (AvgIpc) is 2.32. The molecule has 0 bridgehead atoms. The number of ether oxygens (including phenoxy) is 2. The van der Waals surface area contributed by atoms with Crippen LogP contribution in [0.2, 0.25) is 0 Å². The summed E-state index contributed by atoms with van der Waals surface area (Å²) >= 11 is 0. The number of amides is 1. The summed E-state index contributed by atoms with van der Waals surface area (Å²) in [5.74, 6) is -0.242. The number of nitrogens with two attached hydrogens (primary N) is 1. The van der Waals surface area contributed by atoms with Crippen molar-refractivity contribution in [2.24, 2.45) is 16.3 Å². The van der Waals surface area contributed by atoms with Crippen LogP contribution in [0.1, 0.15) is 19.3 Å². The molecule has 0 aromatic carbocycles. The molecule has 0 spiro atoms. The average molecular weight is 259 g/mol. The van der Waals surface area contributed by atoms with E-state index in [0.717, 1.165) is 6.42 Å². The Balaban J connectivity index is 2.54. The van der Waals surface area contributed by atoms with Gasteiger partial charge in [0.15, 0.2) is 5.84 Å². The first kappa shape index (κ1) is 14.7. The third-order valence-electron chi connectivity index (χ3n) is 3.42. The summed E-state index contributed by atoms with van der Waals surface area (Å²) in [6, 6.07) is 0. The van der Waals surface area contributed by atoms with Gasteiger partial charge >= 0.3 is 0 Å². The van der Waals surface area contributed by atoms with Crippen molar-refractivity contribution in [1.29, 1.82) is 0 Å². The summed E-state index contributed by atoms with van der Waals surface area (Å²) < 4.78 is 10.1. The molecular weight excluding hydrogens is 238 g/mol. The molecule has 1 amide bonds. The number of nitrogens with zero attached hydrogens (tertiary/aromatic N) is 1. The van der Waals surface area contributed by atoms with Crippen molar-refractivity contribution < 1.29 is 19.5 Å². The molecule has 104 valence electrons. The van der Waals surface area contributed by atoms with E-state index in [2.05, 4.69) is 10.5 Å². The molecule has 7 nitrogen and oxygen atoms in total. The molecule has 1 atom stereocenters. The summed E-state index contributed by atoms with van der Waals surface area (Å²) in [6.07, 6.45) is 1.91. The van der Waals surface area contributed by atoms with Gasteiger partial charge in [0, 0.05) is 20.8 Å². The molecule has 0 aliphatic heterocycles. The van der Waals surface area contributed by atoms with Crippen molar-refractivity contribution in [3.05, 3.63) is 0 Å². The van der Waals surface area contributed by atoms with E-state index in [9.17, 15) is 4.79 Å². The molecular formula is C11H21N3O4. The zero-order valence-corrected chi connectivity index (χ0v) is 10.8. The van der Waals surface area contributed by atoms with Gasteiger partial charge in [-0.25, -0.2) is 0 Å². The maximum atomic E-state index is 12.1. The highest BCUT2D eigenvalue weighted by atomic mass is 16.5. The largest absolute Gasteiger partial charge is 0.409 e. The van der Waals surface area contributed by atoms with Crippen LogP contribution < -0.4 is 11.1 Å². The molecule has 0 saturated heterocycles. The van der Waals surface area contributed by atoms with Gasteiger partial charge in [-0.05, 0) is 12.8 Å². The van der Waals surface area contributed by atoms with Gasteiger partial charge < -0.3 is 25.7 Å². The molecule has 1 aliphatic rings. The Kier molecular flexibility index (Phi) is 5.36. The molecule has 7 heteroatoms. The quantitative estimate of drug-likeness (QED) is 0.251. The lowest BCUT2D eigenvalue weighted by Gasteiger charge is -2.38. The van der Waals surface area contributed by atoms with Crippen LogP contribution in [-0.2, 0) is 14.3 Å². The minimum Gasteiger partial charge on any atom is -0.409 e. The third-order valence-corrected chi connectivity index (χ3v) is 3.42. The zero-order valence-electron chi connectivity index (χ0n) is 10.8. The minimum atomic E-state index is -0.847. The van der Waals surface area contributed by atoms with Gasteiger partial charge in [0.1, 0.15) is 5.41 Å². The van der Waals surface area contributed by atoms with E-state index >= 15 is 0 Å². The fourth-order valence-electron chi connectivity index (χ4n) is 2.00. The van der Waals surface area contributed by atoms with E-state index in [1.165, 1.54) is 0 Å². The molecule has 0 radical (unpaired) electrons. The van der Waals surface area contributed by atoms with E-state index in [4.69, 9.17) is 20.4 Å². The second-order valence-electron chi connectivity index (χ2n) is 4.44. The Bertz CT molecular complexity index is 315. The SMILES string of the molecule is COCC(CNC(=O)C1(C(N)=NO)CCC1)OC. The smallest absolute Gasteiger partial charge is 0.234 e. The molecule has 1 saturated carbocycles. The lowest BCUT2D eigenvalue weighted by molar-refractivity contribution is -0.131. The van der Waals surface area contributed by atoms with E-state index in [1.807, 2.05) is 0 Å². The Morgan fingerprint density at radius 2 is 2.22 bits per heavy atom. The highest BCUT2D eigenvalue weighted by molar-refractivity contribution is 6.07. The van der Waals surface area contributed by atoms with Gasteiger partial charge in [-0.1, -0.05) is 11.6 Å². The standard InChI is InChI=1S/C11H21N3O4/c1-17-7-8(18-2)6-13-10(15)11(4-3-5-11)9(12)14-16/h8,16H,3-7H2,1-2H3,(H2,12,14)(H,13,15). The molecule has 1 rings (SSSR count). The fourth-order valence-corrected chi connectivity index (χ4v) is 2.00. The summed E-state index contributed by atoms with van der Waals surface area (Å²) in [4.78, 5) is 12.1. The van der Waals surface area contributed by atoms with Gasteiger partial charge in [0.05, 0.1) is 12.7 Å². The lowest BCUT2D eigenvalue weighted by atomic mass is 9.67. The Morgan fingerprint density at radius 3 is 2.61 bits per heavy atom. The van der Waals surface area contributed by atoms with E-state index < -0.39 is 5.41 Å². The Hall–Kier alpha value is -1.34. The number of rotatable bonds is 7. The number of hydrogen-bond acceptors (Lipinski definition) is 5. The molecule has 1 unspecified atom stereocenters. The predicted molar refractivity (Wildman–Crippen MR) is 65.4 cm³/mol. The number of carbonyl (C=O) groups excluding carboxylic acids is 1. The molecule has 0 aromatic rings. The monoisotopic (exact) mass is 259 g/mol. The van der Waals surface area contributed by atoms with Crippen LogP contribution in [-0.4, -0.2) is 50.4 Å². The Morgan fingerprint density at radius 1 is 1.56 bits per heavy atom. The van der Waals surface area contributed by atoms with Crippen molar-refractivity contribution in [3.63, 3.8) is 0 Å². The summed E-state index contributed by atoms with van der Waals surface area (Å²) in [5, 5.41) is 14.5. The summed E-state index contributed by atoms with van der Waals surface area (Å²) in [5.41, 5.74) is 4.75. The number of amidine groups is 1. The summed E-state index contributed by atoms with van der Waals surface area (Å²) in [7, 11) is 3.12. The van der Waals surface area contributed by atoms with Gasteiger partial charge in [0.2, 0.25) is 5.91 Å². The van der Waals surface area contributed by atoms with Crippen LogP contribution >= 0.6 is 0 Å². The molecule has 4 N–H and O–H groups in total. The van der Waals surface area contributed by atoms with Crippen molar-refractivity contribution in [3.8, 4) is 0 Å². The predicted octanol–water partition coefficient (Wildman–Crippen LogP) is -0.319. The van der Waals surface area contributed by atoms with Gasteiger partial charge in [-0.2, -0.15) is 0 Å². The topological polar surface area (TPSA) is 106 Å². The first-order chi connectivity index (χ1) is 8.60. The van der Waals surface area contributed by atoms with Crippen molar-refractivity contribution in [2.45, 2.75) is 25.4 Å². The highest BCUT2D eigenvalue weighted by Gasteiger charge is 2.48. The maximum absolute atomic E-state index is 12.1. The van der Waals surface area contributed by atoms with E-state index in [-0.39, 0.29) is 17.8 Å². The van der Waals surface area contributed by atoms with Crippen LogP contribution in [0.3, 0.4) is 0 Å². The van der Waals surface area contributed by atoms with Crippen LogP contribution in [0.15, 0.2) is 5.16 Å². The normalized spacial score (nSPS) is 20.0. The summed E-state index contributed by atoms with van der Waals surface area (Å²) in [6.45, 7) is 0.733. The van der Waals surface area contributed by atoms with Crippen molar-refractivity contribution in [1.82, 2.24) is 5.32 Å². The number of carbonyl (C=O) groups is 1. The molecule has 0 heterocycles. The van der Waals surface area contributed by atoms with E-state index in [0.29, 0.717) is 26.0 Å². The van der Waals surface area contributed by atoms with E-state index in [1.54, 1.807) is 14.2 Å².